The van der Waals surface area contributed by atoms with Crippen molar-refractivity contribution < 1.29 is 14.2 Å². The number of nitrogens with one attached hydrogen (secondary N) is 1. The van der Waals surface area contributed by atoms with E-state index in [2.05, 4.69) is 27.8 Å². The number of aryl methyl sites for hydroxylation is 1. The van der Waals surface area contributed by atoms with E-state index in [1.807, 2.05) is 12.1 Å². The zero-order chi connectivity index (χ0) is 15.9. The van der Waals surface area contributed by atoms with Gasteiger partial charge in [0.2, 0.25) is 11.7 Å². The molecule has 0 saturated heterocycles. The molecule has 0 amide bonds. The Kier molecular flexibility index (Phi) is 5.40. The van der Waals surface area contributed by atoms with Gasteiger partial charge < -0.3 is 19.5 Å². The van der Waals surface area contributed by atoms with Crippen molar-refractivity contribution >= 4 is 5.95 Å². The van der Waals surface area contributed by atoms with E-state index >= 15 is 0 Å². The molecule has 0 radical (unpaired) electrons. The fraction of sp³-hybridized carbons (Fsp3) is 0.500. The number of benzene rings is 1. The van der Waals surface area contributed by atoms with Gasteiger partial charge in [-0.25, -0.2) is 4.68 Å². The summed E-state index contributed by atoms with van der Waals surface area (Å²) in [7, 11) is 4.77. The lowest BCUT2D eigenvalue weighted by Gasteiger charge is -2.16. The Morgan fingerprint density at radius 3 is 2.50 bits per heavy atom. The Morgan fingerprint density at radius 2 is 1.86 bits per heavy atom. The number of ether oxygens (including phenoxy) is 3. The minimum Gasteiger partial charge on any atom is -0.493 e. The molecule has 0 atom stereocenters. The number of hydrogen-bond donors (Lipinski definition) is 1. The Morgan fingerprint density at radius 1 is 1.09 bits per heavy atom. The Hall–Kier alpha value is -2.51. The monoisotopic (exact) mass is 307 g/mol. The van der Waals surface area contributed by atoms with Crippen LogP contribution in [0.3, 0.4) is 0 Å². The molecule has 22 heavy (non-hydrogen) atoms. The summed E-state index contributed by atoms with van der Waals surface area (Å²) in [6.07, 6.45) is 0.958. The van der Waals surface area contributed by atoms with Crippen LogP contribution in [-0.2, 0) is 13.1 Å². The van der Waals surface area contributed by atoms with Crippen LogP contribution in [0.25, 0.3) is 0 Å². The summed E-state index contributed by atoms with van der Waals surface area (Å²) in [5.41, 5.74) is 0.922. The molecule has 0 spiro atoms. The molecule has 1 heterocycles. The van der Waals surface area contributed by atoms with Gasteiger partial charge in [0.25, 0.3) is 0 Å². The Balaban J connectivity index is 2.20. The highest BCUT2D eigenvalue weighted by Gasteiger charge is 2.16. The quantitative estimate of drug-likeness (QED) is 0.795. The van der Waals surface area contributed by atoms with Crippen molar-refractivity contribution in [2.75, 3.05) is 26.6 Å². The molecule has 0 aliphatic carbocycles. The maximum Gasteiger partial charge on any atom is 0.243 e. The number of tetrazole rings is 1. The third-order valence-electron chi connectivity index (χ3n) is 3.19. The first-order chi connectivity index (χ1) is 10.7. The number of anilines is 1. The van der Waals surface area contributed by atoms with Crippen LogP contribution in [0, 0.1) is 0 Å². The smallest absolute Gasteiger partial charge is 0.243 e. The topological polar surface area (TPSA) is 83.3 Å². The van der Waals surface area contributed by atoms with Crippen LogP contribution in [0.1, 0.15) is 18.9 Å². The first-order valence-electron chi connectivity index (χ1n) is 7.03. The molecule has 1 aromatic carbocycles. The van der Waals surface area contributed by atoms with Gasteiger partial charge in [-0.2, -0.15) is 0 Å². The zero-order valence-electron chi connectivity index (χ0n) is 13.3. The van der Waals surface area contributed by atoms with Crippen molar-refractivity contribution in [3.05, 3.63) is 17.7 Å². The molecular formula is C14H21N5O3. The van der Waals surface area contributed by atoms with E-state index in [0.717, 1.165) is 18.5 Å². The van der Waals surface area contributed by atoms with Crippen LogP contribution in [0.4, 0.5) is 5.95 Å². The van der Waals surface area contributed by atoms with Crippen molar-refractivity contribution in [2.24, 2.45) is 0 Å². The average Bonchev–Trinajstić information content (AvgIpc) is 2.99. The fourth-order valence-electron chi connectivity index (χ4n) is 2.17. The van der Waals surface area contributed by atoms with Gasteiger partial charge in [-0.15, -0.1) is 0 Å². The molecule has 2 aromatic rings. The second kappa shape index (κ2) is 7.48. The normalized spacial score (nSPS) is 10.4. The summed E-state index contributed by atoms with van der Waals surface area (Å²) in [4.78, 5) is 0. The Bertz CT molecular complexity index is 615. The van der Waals surface area contributed by atoms with Crippen LogP contribution in [0.15, 0.2) is 12.1 Å². The third-order valence-corrected chi connectivity index (χ3v) is 3.19. The van der Waals surface area contributed by atoms with E-state index < -0.39 is 0 Å². The number of nitrogens with zero attached hydrogens (tertiary/aromatic N) is 4. The number of rotatable bonds is 8. The largest absolute Gasteiger partial charge is 0.493 e. The number of methoxy groups -OCH3 is 3. The predicted octanol–water partition coefficient (Wildman–Crippen LogP) is 1.72. The molecule has 0 aliphatic heterocycles. The number of hydrogen-bond acceptors (Lipinski definition) is 7. The first kappa shape index (κ1) is 15.9. The lowest BCUT2D eigenvalue weighted by molar-refractivity contribution is 0.322. The van der Waals surface area contributed by atoms with E-state index in [1.54, 1.807) is 26.0 Å². The van der Waals surface area contributed by atoms with Crippen molar-refractivity contribution in [1.29, 1.82) is 0 Å². The van der Waals surface area contributed by atoms with Crippen molar-refractivity contribution in [1.82, 2.24) is 20.2 Å². The van der Waals surface area contributed by atoms with Gasteiger partial charge in [-0.1, -0.05) is 12.0 Å². The molecule has 8 nitrogen and oxygen atoms in total. The molecule has 1 aromatic heterocycles. The molecule has 0 bridgehead atoms. The zero-order valence-corrected chi connectivity index (χ0v) is 13.3. The van der Waals surface area contributed by atoms with E-state index in [1.165, 1.54) is 0 Å². The van der Waals surface area contributed by atoms with Crippen molar-refractivity contribution in [3.63, 3.8) is 0 Å². The van der Waals surface area contributed by atoms with Crippen LogP contribution >= 0.6 is 0 Å². The molecule has 0 aliphatic rings. The fourth-order valence-corrected chi connectivity index (χ4v) is 2.17. The summed E-state index contributed by atoms with van der Waals surface area (Å²) in [5.74, 6) is 2.44. The minimum absolute atomic E-state index is 0.508. The predicted molar refractivity (Wildman–Crippen MR) is 81.5 cm³/mol. The van der Waals surface area contributed by atoms with E-state index in [9.17, 15) is 0 Å². The summed E-state index contributed by atoms with van der Waals surface area (Å²) < 4.78 is 17.8. The molecule has 120 valence electrons. The first-order valence-corrected chi connectivity index (χ1v) is 7.03. The second-order valence-electron chi connectivity index (χ2n) is 4.57. The summed E-state index contributed by atoms with van der Waals surface area (Å²) >= 11 is 0. The SMILES string of the molecule is CCCn1nnnc1NCc1ccc(OC)c(OC)c1OC. The van der Waals surface area contributed by atoms with Gasteiger partial charge in [-0.3, -0.25) is 0 Å². The Labute approximate surface area is 129 Å². The molecule has 2 rings (SSSR count). The van der Waals surface area contributed by atoms with E-state index in [0.29, 0.717) is 29.7 Å². The maximum atomic E-state index is 5.45. The van der Waals surface area contributed by atoms with Crippen LogP contribution in [0.2, 0.25) is 0 Å². The third kappa shape index (κ3) is 3.21. The lowest BCUT2D eigenvalue weighted by atomic mass is 10.1. The second-order valence-corrected chi connectivity index (χ2v) is 4.57. The van der Waals surface area contributed by atoms with E-state index in [-0.39, 0.29) is 0 Å². The highest BCUT2D eigenvalue weighted by Crippen LogP contribution is 2.39. The van der Waals surface area contributed by atoms with Gasteiger partial charge in [0.1, 0.15) is 0 Å². The van der Waals surface area contributed by atoms with Crippen molar-refractivity contribution in [3.8, 4) is 17.2 Å². The molecule has 0 fully saturated rings. The summed E-state index contributed by atoms with van der Waals surface area (Å²) in [5, 5.41) is 14.8. The molecule has 0 saturated carbocycles. The van der Waals surface area contributed by atoms with Crippen LogP contribution < -0.4 is 19.5 Å². The minimum atomic E-state index is 0.508. The highest BCUT2D eigenvalue weighted by atomic mass is 16.5. The molecule has 8 heteroatoms. The van der Waals surface area contributed by atoms with Crippen molar-refractivity contribution in [2.45, 2.75) is 26.4 Å². The van der Waals surface area contributed by atoms with E-state index in [4.69, 9.17) is 14.2 Å². The molecule has 1 N–H and O–H groups in total. The highest BCUT2D eigenvalue weighted by molar-refractivity contribution is 5.56. The maximum absolute atomic E-state index is 5.45. The van der Waals surface area contributed by atoms with Crippen LogP contribution in [0.5, 0.6) is 17.2 Å². The average molecular weight is 307 g/mol. The molecule has 0 unspecified atom stereocenters. The number of aromatic nitrogens is 4. The van der Waals surface area contributed by atoms with Crippen LogP contribution in [-0.4, -0.2) is 41.5 Å². The lowest BCUT2D eigenvalue weighted by Crippen LogP contribution is -2.10. The van der Waals surface area contributed by atoms with Gasteiger partial charge in [-0.05, 0) is 29.0 Å². The standard InChI is InChI=1S/C14H21N5O3/c1-5-8-19-14(16-17-18-19)15-9-10-6-7-11(20-2)13(22-4)12(10)21-3/h6-7H,5,8-9H2,1-4H3,(H,15,16,18). The van der Waals surface area contributed by atoms with Gasteiger partial charge >= 0.3 is 0 Å². The summed E-state index contributed by atoms with van der Waals surface area (Å²) in [6, 6.07) is 3.76. The summed E-state index contributed by atoms with van der Waals surface area (Å²) in [6.45, 7) is 3.34. The van der Waals surface area contributed by atoms with Gasteiger partial charge in [0.05, 0.1) is 21.3 Å². The molecular weight excluding hydrogens is 286 g/mol. The van der Waals surface area contributed by atoms with Gasteiger partial charge in [0, 0.05) is 18.7 Å². The van der Waals surface area contributed by atoms with Gasteiger partial charge in [0.15, 0.2) is 11.5 Å².